The summed E-state index contributed by atoms with van der Waals surface area (Å²) in [7, 11) is 0. The molecule has 3 aromatic rings. The largest absolute Gasteiger partial charge is 0.465 e. The van der Waals surface area contributed by atoms with Gasteiger partial charge in [-0.3, -0.25) is 0 Å². The summed E-state index contributed by atoms with van der Waals surface area (Å²) in [6.45, 7) is 4.32. The van der Waals surface area contributed by atoms with Gasteiger partial charge in [0.15, 0.2) is 0 Å². The lowest BCUT2D eigenvalue weighted by molar-refractivity contribution is 0.0661. The van der Waals surface area contributed by atoms with Crippen LogP contribution < -0.4 is 5.32 Å². The van der Waals surface area contributed by atoms with Crippen LogP contribution in [0.5, 0.6) is 0 Å². The second-order valence-electron chi connectivity index (χ2n) is 8.65. The van der Waals surface area contributed by atoms with E-state index >= 15 is 0 Å². The molecule has 33 heavy (non-hydrogen) atoms. The maximum absolute atomic E-state index is 11.6. The number of carboxylic acid groups (broad SMARTS) is 1. The van der Waals surface area contributed by atoms with Crippen LogP contribution in [0.15, 0.2) is 36.7 Å². The lowest BCUT2D eigenvalue weighted by Gasteiger charge is -2.29. The number of hydrogen-bond acceptors (Lipinski definition) is 6. The van der Waals surface area contributed by atoms with E-state index in [1.807, 2.05) is 42.0 Å². The molecule has 2 aromatic heterocycles. The van der Waals surface area contributed by atoms with Gasteiger partial charge in [-0.25, -0.2) is 19.7 Å². The minimum atomic E-state index is -0.895. The van der Waals surface area contributed by atoms with Crippen LogP contribution in [0, 0.1) is 12.8 Å². The molecule has 2 aliphatic rings. The molecule has 0 aliphatic carbocycles. The summed E-state index contributed by atoms with van der Waals surface area (Å²) in [5.41, 5.74) is 4.79. The van der Waals surface area contributed by atoms with Crippen molar-refractivity contribution in [1.82, 2.24) is 24.4 Å². The zero-order chi connectivity index (χ0) is 22.8. The molecule has 0 bridgehead atoms. The number of nitrogens with one attached hydrogen (secondary N) is 1. The Balaban J connectivity index is 1.41. The first kappa shape index (κ1) is 21.4. The quantitative estimate of drug-likeness (QED) is 0.613. The Morgan fingerprint density at radius 3 is 2.70 bits per heavy atom. The van der Waals surface area contributed by atoms with Crippen LogP contribution in [0.2, 0.25) is 0 Å². The number of ether oxygens (including phenoxy) is 1. The van der Waals surface area contributed by atoms with Gasteiger partial charge in [0.25, 0.3) is 0 Å². The van der Waals surface area contributed by atoms with E-state index in [1.54, 1.807) is 6.20 Å². The maximum Gasteiger partial charge on any atom is 0.407 e. The van der Waals surface area contributed by atoms with Gasteiger partial charge in [-0.15, -0.1) is 0 Å². The SMILES string of the molecule is Cc1nccn1-c1ccc(Nc2nc3c(c(CC4CCOCC4)n2)CN(C(=O)O)CC3)cc1. The molecule has 1 amide bonds. The number of rotatable bonds is 5. The molecule has 0 saturated carbocycles. The standard InChI is InChI=1S/C24H28N6O3/c1-16-25-9-11-30(16)19-4-2-18(3-5-19)26-23-27-21-6-10-29(24(31)32)15-20(21)22(28-23)14-17-7-12-33-13-8-17/h2-5,9,11,17H,6-8,10,12-15H2,1H3,(H,31,32)(H,26,27,28). The fraction of sp³-hybridized carbons (Fsp3) is 0.417. The lowest BCUT2D eigenvalue weighted by atomic mass is 9.91. The van der Waals surface area contributed by atoms with Crippen molar-refractivity contribution in [3.63, 3.8) is 0 Å². The number of hydrogen-bond donors (Lipinski definition) is 2. The third kappa shape index (κ3) is 4.68. The highest BCUT2D eigenvalue weighted by Crippen LogP contribution is 2.28. The Bertz CT molecular complexity index is 1140. The molecule has 1 aromatic carbocycles. The highest BCUT2D eigenvalue weighted by Gasteiger charge is 2.27. The number of anilines is 2. The van der Waals surface area contributed by atoms with Crippen molar-refractivity contribution in [3.8, 4) is 5.69 Å². The second kappa shape index (κ2) is 9.19. The number of amides is 1. The van der Waals surface area contributed by atoms with Crippen LogP contribution in [0.25, 0.3) is 5.69 Å². The molecule has 2 aliphatic heterocycles. The molecule has 0 atom stereocenters. The molecular formula is C24H28N6O3. The fourth-order valence-corrected chi connectivity index (χ4v) is 4.58. The first-order chi connectivity index (χ1) is 16.1. The van der Waals surface area contributed by atoms with Crippen molar-refractivity contribution >= 4 is 17.7 Å². The highest BCUT2D eigenvalue weighted by molar-refractivity contribution is 5.65. The molecule has 1 saturated heterocycles. The summed E-state index contributed by atoms with van der Waals surface area (Å²) in [6.07, 6.45) is 6.24. The molecule has 1 fully saturated rings. The zero-order valence-corrected chi connectivity index (χ0v) is 18.7. The summed E-state index contributed by atoms with van der Waals surface area (Å²) in [5.74, 6) is 1.98. The van der Waals surface area contributed by atoms with Crippen LogP contribution in [0.4, 0.5) is 16.4 Å². The summed E-state index contributed by atoms with van der Waals surface area (Å²) >= 11 is 0. The van der Waals surface area contributed by atoms with Gasteiger partial charge in [0.05, 0.1) is 17.9 Å². The van der Waals surface area contributed by atoms with Crippen molar-refractivity contribution < 1.29 is 14.6 Å². The van der Waals surface area contributed by atoms with E-state index in [2.05, 4.69) is 10.3 Å². The number of benzene rings is 1. The number of carbonyl (C=O) groups is 1. The van der Waals surface area contributed by atoms with Crippen molar-refractivity contribution in [1.29, 1.82) is 0 Å². The number of fused-ring (bicyclic) bond motifs is 1. The molecule has 2 N–H and O–H groups in total. The van der Waals surface area contributed by atoms with E-state index in [1.165, 1.54) is 4.90 Å². The van der Waals surface area contributed by atoms with Crippen LogP contribution in [0.1, 0.15) is 35.6 Å². The average molecular weight is 449 g/mol. The Morgan fingerprint density at radius 2 is 2.00 bits per heavy atom. The predicted molar refractivity (Wildman–Crippen MR) is 123 cm³/mol. The fourth-order valence-electron chi connectivity index (χ4n) is 4.58. The van der Waals surface area contributed by atoms with E-state index in [0.717, 1.165) is 66.6 Å². The Kier molecular flexibility index (Phi) is 5.95. The normalized spacial score (nSPS) is 16.5. The maximum atomic E-state index is 11.6. The van der Waals surface area contributed by atoms with Crippen molar-refractivity contribution in [2.24, 2.45) is 5.92 Å². The molecule has 0 unspecified atom stereocenters. The van der Waals surface area contributed by atoms with Crippen LogP contribution in [0.3, 0.4) is 0 Å². The van der Waals surface area contributed by atoms with Gasteiger partial charge in [-0.05, 0) is 56.4 Å². The van der Waals surface area contributed by atoms with Gasteiger partial charge < -0.3 is 24.6 Å². The molecule has 172 valence electrons. The van der Waals surface area contributed by atoms with Crippen molar-refractivity contribution in [2.75, 3.05) is 25.1 Å². The summed E-state index contributed by atoms with van der Waals surface area (Å²) in [6, 6.07) is 8.07. The number of nitrogens with zero attached hydrogens (tertiary/aromatic N) is 5. The third-order valence-electron chi connectivity index (χ3n) is 6.47. The van der Waals surface area contributed by atoms with E-state index in [0.29, 0.717) is 31.4 Å². The first-order valence-electron chi connectivity index (χ1n) is 11.4. The van der Waals surface area contributed by atoms with E-state index in [9.17, 15) is 9.90 Å². The summed E-state index contributed by atoms with van der Waals surface area (Å²) < 4.78 is 7.54. The smallest absolute Gasteiger partial charge is 0.407 e. The molecule has 9 nitrogen and oxygen atoms in total. The Labute approximate surface area is 192 Å². The number of aromatic nitrogens is 4. The molecule has 0 radical (unpaired) electrons. The number of imidazole rings is 1. The second-order valence-corrected chi connectivity index (χ2v) is 8.65. The third-order valence-corrected chi connectivity index (χ3v) is 6.47. The molecular weight excluding hydrogens is 420 g/mol. The summed E-state index contributed by atoms with van der Waals surface area (Å²) in [5, 5.41) is 12.8. The van der Waals surface area contributed by atoms with Crippen molar-refractivity contribution in [2.45, 2.75) is 39.2 Å². The molecule has 4 heterocycles. The van der Waals surface area contributed by atoms with Gasteiger partial charge in [-0.1, -0.05) is 0 Å². The first-order valence-corrected chi connectivity index (χ1v) is 11.4. The van der Waals surface area contributed by atoms with Gasteiger partial charge in [-0.2, -0.15) is 0 Å². The van der Waals surface area contributed by atoms with E-state index in [-0.39, 0.29) is 0 Å². The monoisotopic (exact) mass is 448 g/mol. The Hall–Kier alpha value is -3.46. The van der Waals surface area contributed by atoms with Gasteiger partial charge in [0, 0.05) is 55.5 Å². The highest BCUT2D eigenvalue weighted by atomic mass is 16.5. The topological polar surface area (TPSA) is 105 Å². The molecule has 9 heteroatoms. The predicted octanol–water partition coefficient (Wildman–Crippen LogP) is 3.72. The van der Waals surface area contributed by atoms with Crippen LogP contribution >= 0.6 is 0 Å². The van der Waals surface area contributed by atoms with E-state index < -0.39 is 6.09 Å². The lowest BCUT2D eigenvalue weighted by Crippen LogP contribution is -2.36. The van der Waals surface area contributed by atoms with Gasteiger partial charge >= 0.3 is 6.09 Å². The van der Waals surface area contributed by atoms with Crippen LogP contribution in [-0.4, -0.2) is 55.4 Å². The molecule has 0 spiro atoms. The van der Waals surface area contributed by atoms with Gasteiger partial charge in [0.1, 0.15) is 5.82 Å². The average Bonchev–Trinajstić information content (AvgIpc) is 3.26. The van der Waals surface area contributed by atoms with Crippen LogP contribution in [-0.2, 0) is 24.1 Å². The Morgan fingerprint density at radius 1 is 1.21 bits per heavy atom. The molecule has 5 rings (SSSR count). The van der Waals surface area contributed by atoms with Gasteiger partial charge in [0.2, 0.25) is 5.95 Å². The minimum absolute atomic E-state index is 0.350. The number of aryl methyl sites for hydroxylation is 1. The minimum Gasteiger partial charge on any atom is -0.465 e. The van der Waals surface area contributed by atoms with E-state index in [4.69, 9.17) is 14.7 Å². The zero-order valence-electron chi connectivity index (χ0n) is 18.7. The van der Waals surface area contributed by atoms with Crippen molar-refractivity contribution in [3.05, 3.63) is 59.4 Å². The summed E-state index contributed by atoms with van der Waals surface area (Å²) in [4.78, 5) is 26.9.